The van der Waals surface area contributed by atoms with Crippen molar-refractivity contribution < 1.29 is 14.3 Å². The van der Waals surface area contributed by atoms with E-state index >= 15 is 0 Å². The second-order valence-electron chi connectivity index (χ2n) is 7.90. The van der Waals surface area contributed by atoms with Crippen molar-refractivity contribution in [3.05, 3.63) is 40.0 Å². The molecule has 0 unspecified atom stereocenters. The molecule has 3 aromatic rings. The van der Waals surface area contributed by atoms with E-state index in [1.165, 1.54) is 34.2 Å². The van der Waals surface area contributed by atoms with Crippen molar-refractivity contribution in [1.29, 1.82) is 0 Å². The van der Waals surface area contributed by atoms with Crippen molar-refractivity contribution in [3.63, 3.8) is 0 Å². The normalized spacial score (nSPS) is 15.5. The van der Waals surface area contributed by atoms with Crippen LogP contribution < -0.4 is 9.47 Å². The Morgan fingerprint density at radius 3 is 2.68 bits per heavy atom. The molecule has 0 bridgehead atoms. The van der Waals surface area contributed by atoms with Gasteiger partial charge in [0, 0.05) is 23.4 Å². The van der Waals surface area contributed by atoms with E-state index in [2.05, 4.69) is 9.97 Å². The summed E-state index contributed by atoms with van der Waals surface area (Å²) in [7, 11) is 3.28. The minimum Gasteiger partial charge on any atom is -0.493 e. The van der Waals surface area contributed by atoms with Crippen LogP contribution in [0.5, 0.6) is 11.5 Å². The van der Waals surface area contributed by atoms with E-state index in [-0.39, 0.29) is 5.91 Å². The number of aromatic nitrogens is 2. The molecule has 31 heavy (non-hydrogen) atoms. The van der Waals surface area contributed by atoms with Gasteiger partial charge in [0.25, 0.3) is 0 Å². The van der Waals surface area contributed by atoms with Crippen LogP contribution in [0.3, 0.4) is 0 Å². The third kappa shape index (κ3) is 3.87. The lowest BCUT2D eigenvalue weighted by molar-refractivity contribution is -0.129. The van der Waals surface area contributed by atoms with Gasteiger partial charge in [0.05, 0.1) is 20.0 Å². The molecule has 0 spiro atoms. The number of fused-ring (bicyclic) bond motifs is 4. The predicted octanol–water partition coefficient (Wildman–Crippen LogP) is 4.26. The lowest BCUT2D eigenvalue weighted by Crippen LogP contribution is -2.37. The summed E-state index contributed by atoms with van der Waals surface area (Å²) in [5, 5.41) is 2.13. The first kappa shape index (κ1) is 20.6. The number of thioether (sulfide) groups is 1. The van der Waals surface area contributed by atoms with Crippen LogP contribution in [0.25, 0.3) is 10.2 Å². The molecule has 162 valence electrons. The standard InChI is InChI=1S/C23H25N3O3S2/c1-28-17-9-14-7-8-26(11-15(14)10-18(17)29-2)20(27)12-30-22-21-16-5-3-4-6-19(16)31-23(21)25-13-24-22/h9-10,13H,3-8,11-12H2,1-2H3. The first-order valence-corrected chi connectivity index (χ1v) is 12.4. The molecule has 1 aliphatic heterocycles. The Labute approximate surface area is 190 Å². The largest absolute Gasteiger partial charge is 0.493 e. The molecule has 0 N–H and O–H groups in total. The Bertz CT molecular complexity index is 1140. The summed E-state index contributed by atoms with van der Waals surface area (Å²) in [6, 6.07) is 4.02. The second-order valence-corrected chi connectivity index (χ2v) is 9.95. The summed E-state index contributed by atoms with van der Waals surface area (Å²) in [6.07, 6.45) is 7.16. The van der Waals surface area contributed by atoms with Gasteiger partial charge >= 0.3 is 0 Å². The van der Waals surface area contributed by atoms with Crippen molar-refractivity contribution in [2.75, 3.05) is 26.5 Å². The maximum atomic E-state index is 13.0. The van der Waals surface area contributed by atoms with Crippen LogP contribution in [0.2, 0.25) is 0 Å². The SMILES string of the molecule is COc1cc2c(cc1OC)CN(C(=O)CSc1ncnc3sc4c(c13)CCCC4)CC2. The molecule has 2 aromatic heterocycles. The van der Waals surface area contributed by atoms with E-state index in [0.717, 1.165) is 47.0 Å². The van der Waals surface area contributed by atoms with Gasteiger partial charge in [0.2, 0.25) is 5.91 Å². The highest BCUT2D eigenvalue weighted by atomic mass is 32.2. The topological polar surface area (TPSA) is 64.6 Å². The number of hydrogen-bond donors (Lipinski definition) is 0. The molecule has 3 heterocycles. The molecule has 0 atom stereocenters. The maximum Gasteiger partial charge on any atom is 0.233 e. The Morgan fingerprint density at radius 1 is 1.10 bits per heavy atom. The number of hydrogen-bond acceptors (Lipinski definition) is 7. The van der Waals surface area contributed by atoms with Crippen molar-refractivity contribution in [1.82, 2.24) is 14.9 Å². The first-order chi connectivity index (χ1) is 15.2. The Balaban J connectivity index is 1.31. The zero-order chi connectivity index (χ0) is 21.4. The number of ether oxygens (including phenoxy) is 2. The summed E-state index contributed by atoms with van der Waals surface area (Å²) in [4.78, 5) is 26.5. The highest BCUT2D eigenvalue weighted by molar-refractivity contribution is 8.00. The average Bonchev–Trinajstić information content (AvgIpc) is 3.20. The lowest BCUT2D eigenvalue weighted by Gasteiger charge is -2.29. The number of aryl methyl sites for hydroxylation is 2. The molecule has 0 fully saturated rings. The van der Waals surface area contributed by atoms with Gasteiger partial charge in [-0.25, -0.2) is 9.97 Å². The van der Waals surface area contributed by atoms with E-state index < -0.39 is 0 Å². The maximum absolute atomic E-state index is 13.0. The van der Waals surface area contributed by atoms with Crippen LogP contribution in [0.1, 0.15) is 34.4 Å². The average molecular weight is 456 g/mol. The molecule has 5 rings (SSSR count). The third-order valence-electron chi connectivity index (χ3n) is 6.12. The molecular weight excluding hydrogens is 430 g/mol. The fourth-order valence-electron chi connectivity index (χ4n) is 4.49. The van der Waals surface area contributed by atoms with Gasteiger partial charge in [0.1, 0.15) is 16.2 Å². The van der Waals surface area contributed by atoms with Crippen molar-refractivity contribution in [2.45, 2.75) is 43.7 Å². The van der Waals surface area contributed by atoms with Crippen LogP contribution in [0, 0.1) is 0 Å². The molecule has 1 aliphatic carbocycles. The monoisotopic (exact) mass is 455 g/mol. The molecule has 0 saturated heterocycles. The third-order valence-corrected chi connectivity index (χ3v) is 8.29. The van der Waals surface area contributed by atoms with Crippen LogP contribution in [0.4, 0.5) is 0 Å². The number of nitrogens with zero attached hydrogens (tertiary/aromatic N) is 3. The fourth-order valence-corrected chi connectivity index (χ4v) is 6.71. The van der Waals surface area contributed by atoms with Gasteiger partial charge in [-0.3, -0.25) is 4.79 Å². The van der Waals surface area contributed by atoms with Crippen molar-refractivity contribution in [2.24, 2.45) is 0 Å². The summed E-state index contributed by atoms with van der Waals surface area (Å²) < 4.78 is 10.8. The number of thiophene rings is 1. The highest BCUT2D eigenvalue weighted by Crippen LogP contribution is 2.39. The number of methoxy groups -OCH3 is 2. The zero-order valence-electron chi connectivity index (χ0n) is 17.8. The fraction of sp³-hybridized carbons (Fsp3) is 0.435. The highest BCUT2D eigenvalue weighted by Gasteiger charge is 2.24. The first-order valence-electron chi connectivity index (χ1n) is 10.6. The molecule has 6 nitrogen and oxygen atoms in total. The van der Waals surface area contributed by atoms with Gasteiger partial charge in [-0.2, -0.15) is 0 Å². The number of rotatable bonds is 5. The van der Waals surface area contributed by atoms with E-state index in [1.54, 1.807) is 43.6 Å². The van der Waals surface area contributed by atoms with Gasteiger partial charge < -0.3 is 14.4 Å². The van der Waals surface area contributed by atoms with Crippen LogP contribution >= 0.6 is 23.1 Å². The molecule has 1 amide bonds. The summed E-state index contributed by atoms with van der Waals surface area (Å²) in [6.45, 7) is 1.32. The summed E-state index contributed by atoms with van der Waals surface area (Å²) >= 11 is 3.34. The molecule has 1 aromatic carbocycles. The minimum absolute atomic E-state index is 0.140. The predicted molar refractivity (Wildman–Crippen MR) is 123 cm³/mol. The molecule has 2 aliphatic rings. The Morgan fingerprint density at radius 2 is 1.87 bits per heavy atom. The molecule has 8 heteroatoms. The number of carbonyl (C=O) groups excluding carboxylic acids is 1. The van der Waals surface area contributed by atoms with E-state index in [0.29, 0.717) is 18.0 Å². The van der Waals surface area contributed by atoms with Crippen molar-refractivity contribution in [3.8, 4) is 11.5 Å². The van der Waals surface area contributed by atoms with Crippen LogP contribution in [-0.2, 0) is 30.6 Å². The van der Waals surface area contributed by atoms with Gasteiger partial charge in [-0.15, -0.1) is 11.3 Å². The number of carbonyl (C=O) groups is 1. The van der Waals surface area contributed by atoms with Crippen LogP contribution in [0.15, 0.2) is 23.5 Å². The van der Waals surface area contributed by atoms with Gasteiger partial charge in [-0.1, -0.05) is 11.8 Å². The zero-order valence-corrected chi connectivity index (χ0v) is 19.4. The van der Waals surface area contributed by atoms with E-state index in [9.17, 15) is 4.79 Å². The molecule has 0 saturated carbocycles. The lowest BCUT2D eigenvalue weighted by atomic mass is 9.97. The number of benzene rings is 1. The Hall–Kier alpha value is -2.32. The minimum atomic E-state index is 0.140. The van der Waals surface area contributed by atoms with Crippen molar-refractivity contribution >= 4 is 39.2 Å². The molecule has 0 radical (unpaired) electrons. The van der Waals surface area contributed by atoms with Gasteiger partial charge in [-0.05, 0) is 60.9 Å². The van der Waals surface area contributed by atoms with Gasteiger partial charge in [0.15, 0.2) is 11.5 Å². The summed E-state index contributed by atoms with van der Waals surface area (Å²) in [5.41, 5.74) is 3.75. The Kier molecular flexibility index (Phi) is 5.75. The molecular formula is C23H25N3O3S2. The van der Waals surface area contributed by atoms with E-state index in [1.807, 2.05) is 17.0 Å². The number of amides is 1. The quantitative estimate of drug-likeness (QED) is 0.423. The second kappa shape index (κ2) is 8.67. The van der Waals surface area contributed by atoms with E-state index in [4.69, 9.17) is 9.47 Å². The smallest absolute Gasteiger partial charge is 0.233 e. The summed E-state index contributed by atoms with van der Waals surface area (Å²) in [5.74, 6) is 1.97. The van der Waals surface area contributed by atoms with Crippen LogP contribution in [-0.4, -0.2) is 47.3 Å².